The summed E-state index contributed by atoms with van der Waals surface area (Å²) in [7, 11) is -1.26. The molecule has 0 radical (unpaired) electrons. The van der Waals surface area contributed by atoms with Crippen molar-refractivity contribution in [2.45, 2.75) is 78.4 Å². The van der Waals surface area contributed by atoms with Crippen LogP contribution in [-0.4, -0.2) is 152 Å². The summed E-state index contributed by atoms with van der Waals surface area (Å²) in [5.41, 5.74) is 0. The summed E-state index contributed by atoms with van der Waals surface area (Å²) < 4.78 is 4.34. The number of rotatable bonds is 8. The summed E-state index contributed by atoms with van der Waals surface area (Å²) >= 11 is 0. The minimum absolute atomic E-state index is 0.0486. The summed E-state index contributed by atoms with van der Waals surface area (Å²) in [5.74, 6) is 3.32. The molecule has 0 saturated carbocycles. The number of aryl methyl sites for hydroxylation is 2. The molecule has 0 bridgehead atoms. The minimum atomic E-state index is -0.677. The molecule has 0 unspecified atom stereocenters. The Balaban J connectivity index is 0.000000194. The van der Waals surface area contributed by atoms with Gasteiger partial charge in [-0.25, -0.2) is 9.97 Å². The van der Waals surface area contributed by atoms with Crippen molar-refractivity contribution < 1.29 is 19.6 Å². The maximum atomic E-state index is 13.3. The van der Waals surface area contributed by atoms with Crippen molar-refractivity contribution in [3.63, 3.8) is 0 Å². The van der Waals surface area contributed by atoms with E-state index in [0.717, 1.165) is 89.8 Å². The van der Waals surface area contributed by atoms with E-state index >= 15 is 0 Å². The van der Waals surface area contributed by atoms with Gasteiger partial charge in [-0.1, -0.05) is 0 Å². The Morgan fingerprint density at radius 3 is 1.88 bits per heavy atom. The van der Waals surface area contributed by atoms with Gasteiger partial charge in [0.2, 0.25) is 11.8 Å². The molecule has 2 aromatic rings. The number of aromatic nitrogens is 4. The molecule has 0 aromatic carbocycles. The molecule has 4 saturated heterocycles. The average Bonchev–Trinajstić information content (AvgIpc) is 3.70. The highest BCUT2D eigenvalue weighted by molar-refractivity contribution is 6.46. The zero-order chi connectivity index (χ0) is 34.2. The number of imidazole rings is 2. The van der Waals surface area contributed by atoms with Gasteiger partial charge in [0.25, 0.3) is 0 Å². The molecule has 4 fully saturated rings. The molecule has 14 nitrogen and oxygen atoms in total. The van der Waals surface area contributed by atoms with E-state index in [-0.39, 0.29) is 17.9 Å². The Bertz CT molecular complexity index is 1320. The number of likely N-dealkylation sites (tertiary alicyclic amines) is 2. The van der Waals surface area contributed by atoms with Crippen LogP contribution in [0.15, 0.2) is 24.8 Å². The average molecular weight is 666 g/mol. The largest absolute Gasteiger partial charge is 0.437 e. The SMILES string of the molecule is CB(O)N1CCN(B(C)O)[C@@H](C(=O)N2CCC[C@@H](Cn3ccnc3C)C2)C1.Cc1nccn1C[C@@H]1CCCN(C(=O)[C@H]2CNCCN2)C1. The van der Waals surface area contributed by atoms with Crippen LogP contribution >= 0.6 is 0 Å². The van der Waals surface area contributed by atoms with Gasteiger partial charge in [0.15, 0.2) is 0 Å². The second kappa shape index (κ2) is 17.3. The lowest BCUT2D eigenvalue weighted by molar-refractivity contribution is -0.139. The molecule has 2 aromatic heterocycles. The van der Waals surface area contributed by atoms with Gasteiger partial charge in [0, 0.05) is 103 Å². The van der Waals surface area contributed by atoms with E-state index in [4.69, 9.17) is 0 Å². The van der Waals surface area contributed by atoms with Crippen LogP contribution in [-0.2, 0) is 22.7 Å². The van der Waals surface area contributed by atoms with Crippen LogP contribution in [0.4, 0.5) is 0 Å². The van der Waals surface area contributed by atoms with Gasteiger partial charge in [0.1, 0.15) is 11.6 Å². The third-order valence-corrected chi connectivity index (χ3v) is 10.5. The van der Waals surface area contributed by atoms with Crippen molar-refractivity contribution in [1.29, 1.82) is 0 Å². The van der Waals surface area contributed by atoms with Crippen molar-refractivity contribution in [2.24, 2.45) is 11.8 Å². The van der Waals surface area contributed by atoms with E-state index in [1.54, 1.807) is 13.6 Å². The standard InChI is InChI=1S/C17H31B2N5O3.C15H25N5O/c1-14-20-6-8-21(14)11-15-5-4-7-22(12-15)17(25)16-13-23(18(2)26)9-10-24(16)19(3)27;1-12-17-6-8-19(12)10-13-3-2-7-20(11-13)15(21)14-9-16-4-5-18-14/h6,8,15-16,26-27H,4-5,7,9-13H2,1-3H3;6,8,13-14,16,18H,2-5,7,9-11H2,1H3/t15-,16+;13-,14+/m00/s1. The summed E-state index contributed by atoms with van der Waals surface area (Å²) in [6.45, 7) is 16.8. The van der Waals surface area contributed by atoms with Gasteiger partial charge >= 0.3 is 14.1 Å². The molecule has 4 N–H and O–H groups in total. The predicted molar refractivity (Wildman–Crippen MR) is 187 cm³/mol. The van der Waals surface area contributed by atoms with Crippen LogP contribution in [0.3, 0.4) is 0 Å². The van der Waals surface area contributed by atoms with Crippen LogP contribution in [0.5, 0.6) is 0 Å². The van der Waals surface area contributed by atoms with Gasteiger partial charge in [-0.15, -0.1) is 0 Å². The van der Waals surface area contributed by atoms with Crippen molar-refractivity contribution in [3.8, 4) is 0 Å². The summed E-state index contributed by atoms with van der Waals surface area (Å²) in [6.07, 6.45) is 12.1. The van der Waals surface area contributed by atoms with Crippen LogP contribution in [0.25, 0.3) is 0 Å². The molecule has 4 aliphatic rings. The Kier molecular flexibility index (Phi) is 13.1. The lowest BCUT2D eigenvalue weighted by Gasteiger charge is -2.44. The van der Waals surface area contributed by atoms with Crippen molar-refractivity contribution in [2.75, 3.05) is 65.4 Å². The zero-order valence-electron chi connectivity index (χ0n) is 29.4. The Morgan fingerprint density at radius 1 is 0.812 bits per heavy atom. The van der Waals surface area contributed by atoms with Crippen LogP contribution < -0.4 is 10.6 Å². The van der Waals surface area contributed by atoms with E-state index in [2.05, 4.69) is 29.7 Å². The molecule has 4 aliphatic heterocycles. The van der Waals surface area contributed by atoms with Crippen LogP contribution in [0.2, 0.25) is 13.6 Å². The van der Waals surface area contributed by atoms with Gasteiger partial charge in [-0.2, -0.15) is 0 Å². The minimum Gasteiger partial charge on any atom is -0.437 e. The second-order valence-corrected chi connectivity index (χ2v) is 14.1. The van der Waals surface area contributed by atoms with Crippen LogP contribution in [0.1, 0.15) is 37.3 Å². The first-order chi connectivity index (χ1) is 23.1. The Morgan fingerprint density at radius 2 is 1.40 bits per heavy atom. The summed E-state index contributed by atoms with van der Waals surface area (Å²) in [6, 6.07) is -0.463. The first kappa shape index (κ1) is 36.5. The third kappa shape index (κ3) is 9.48. The predicted octanol–water partition coefficient (Wildman–Crippen LogP) is -0.372. The van der Waals surface area contributed by atoms with Gasteiger partial charge in [0.05, 0.1) is 12.1 Å². The third-order valence-electron chi connectivity index (χ3n) is 10.5. The quantitative estimate of drug-likeness (QED) is 0.276. The van der Waals surface area contributed by atoms with Crippen molar-refractivity contribution in [3.05, 3.63) is 36.4 Å². The molecular weight excluding hydrogens is 610 g/mol. The first-order valence-corrected chi connectivity index (χ1v) is 17.9. The molecular formula is C32H56B2N10O4. The number of amides is 2. The fourth-order valence-electron chi connectivity index (χ4n) is 7.66. The molecule has 0 spiro atoms. The lowest BCUT2D eigenvalue weighted by atomic mass is 9.78. The molecule has 48 heavy (non-hydrogen) atoms. The molecule has 2 amide bonds. The van der Waals surface area contributed by atoms with E-state index in [1.807, 2.05) is 58.1 Å². The molecule has 4 atom stereocenters. The van der Waals surface area contributed by atoms with E-state index in [0.29, 0.717) is 31.5 Å². The number of nitrogens with zero attached hydrogens (tertiary/aromatic N) is 8. The molecule has 264 valence electrons. The molecule has 16 heteroatoms. The fraction of sp³-hybridized carbons (Fsp3) is 0.750. The number of piperidine rings is 2. The van der Waals surface area contributed by atoms with E-state index in [9.17, 15) is 19.6 Å². The molecule has 0 aliphatic carbocycles. The molecule has 6 heterocycles. The number of piperazine rings is 2. The number of carbonyl (C=O) groups excluding carboxylic acids is 2. The monoisotopic (exact) mass is 666 g/mol. The van der Waals surface area contributed by atoms with Gasteiger partial charge in [-0.3, -0.25) is 9.59 Å². The fourth-order valence-corrected chi connectivity index (χ4v) is 7.66. The number of hydrogen-bond donors (Lipinski definition) is 4. The Labute approximate surface area is 286 Å². The van der Waals surface area contributed by atoms with Crippen LogP contribution in [0, 0.1) is 25.7 Å². The topological polar surface area (TPSA) is 147 Å². The first-order valence-electron chi connectivity index (χ1n) is 17.9. The van der Waals surface area contributed by atoms with Gasteiger partial charge < -0.3 is 49.2 Å². The number of nitrogens with one attached hydrogen (secondary N) is 2. The Hall–Kier alpha value is -2.75. The number of carbonyl (C=O) groups is 2. The molecule has 6 rings (SSSR count). The highest BCUT2D eigenvalue weighted by Gasteiger charge is 2.40. The zero-order valence-corrected chi connectivity index (χ0v) is 29.4. The maximum Gasteiger partial charge on any atom is 0.377 e. The van der Waals surface area contributed by atoms with Crippen molar-refractivity contribution >= 4 is 25.9 Å². The van der Waals surface area contributed by atoms with Crippen molar-refractivity contribution in [1.82, 2.24) is 49.2 Å². The van der Waals surface area contributed by atoms with E-state index in [1.165, 1.54) is 6.42 Å². The highest BCUT2D eigenvalue weighted by atomic mass is 16.2. The van der Waals surface area contributed by atoms with Gasteiger partial charge in [-0.05, 0) is 65.0 Å². The lowest BCUT2D eigenvalue weighted by Crippen LogP contribution is -2.65. The van der Waals surface area contributed by atoms with E-state index < -0.39 is 20.1 Å². The summed E-state index contributed by atoms with van der Waals surface area (Å²) in [4.78, 5) is 42.2. The normalized spacial score (nSPS) is 25.7. The second-order valence-electron chi connectivity index (χ2n) is 14.1. The number of hydrogen-bond acceptors (Lipinski definition) is 10. The summed E-state index contributed by atoms with van der Waals surface area (Å²) in [5, 5.41) is 26.7. The maximum absolute atomic E-state index is 13.3. The smallest absolute Gasteiger partial charge is 0.377 e. The highest BCUT2D eigenvalue weighted by Crippen LogP contribution is 2.23.